The van der Waals surface area contributed by atoms with Gasteiger partial charge in [0.2, 0.25) is 0 Å². The Hall–Kier alpha value is -1.16. The van der Waals surface area contributed by atoms with Crippen molar-refractivity contribution in [2.75, 3.05) is 0 Å². The van der Waals surface area contributed by atoms with Crippen LogP contribution in [-0.2, 0) is 6.42 Å². The van der Waals surface area contributed by atoms with Crippen LogP contribution in [0.5, 0.6) is 0 Å². The highest BCUT2D eigenvalue weighted by molar-refractivity contribution is 9.10. The molecule has 0 aromatic heterocycles. The minimum Gasteiger partial charge on any atom is -0.271 e. The minimum atomic E-state index is 0.00165. The SMILES string of the molecule is CCCc1cccc(C(NN)c2ccc(C)cc2Br)c1. The predicted molar refractivity (Wildman–Crippen MR) is 88.5 cm³/mol. The van der Waals surface area contributed by atoms with Gasteiger partial charge in [0, 0.05) is 4.47 Å². The van der Waals surface area contributed by atoms with Gasteiger partial charge in [-0.3, -0.25) is 5.84 Å². The third-order valence-corrected chi connectivity index (χ3v) is 4.14. The zero-order valence-corrected chi connectivity index (χ0v) is 13.6. The molecule has 0 aliphatic carbocycles. The van der Waals surface area contributed by atoms with E-state index in [4.69, 9.17) is 5.84 Å². The summed E-state index contributed by atoms with van der Waals surface area (Å²) < 4.78 is 1.08. The topological polar surface area (TPSA) is 38.0 Å². The molecular formula is C17H21BrN2. The average molecular weight is 333 g/mol. The summed E-state index contributed by atoms with van der Waals surface area (Å²) in [4.78, 5) is 0. The van der Waals surface area contributed by atoms with Crippen molar-refractivity contribution in [1.82, 2.24) is 5.43 Å². The highest BCUT2D eigenvalue weighted by atomic mass is 79.9. The third-order valence-electron chi connectivity index (χ3n) is 3.46. The monoisotopic (exact) mass is 332 g/mol. The van der Waals surface area contributed by atoms with Crippen LogP contribution in [0.2, 0.25) is 0 Å². The molecule has 0 aliphatic rings. The second-order valence-electron chi connectivity index (χ2n) is 5.12. The van der Waals surface area contributed by atoms with E-state index < -0.39 is 0 Å². The zero-order valence-electron chi connectivity index (χ0n) is 12.0. The number of aryl methyl sites for hydroxylation is 2. The largest absolute Gasteiger partial charge is 0.271 e. The van der Waals surface area contributed by atoms with Crippen molar-refractivity contribution in [1.29, 1.82) is 0 Å². The van der Waals surface area contributed by atoms with Crippen molar-refractivity contribution in [2.24, 2.45) is 5.84 Å². The summed E-state index contributed by atoms with van der Waals surface area (Å²) >= 11 is 3.64. The second-order valence-corrected chi connectivity index (χ2v) is 5.97. The van der Waals surface area contributed by atoms with Crippen molar-refractivity contribution >= 4 is 15.9 Å². The van der Waals surface area contributed by atoms with Crippen molar-refractivity contribution < 1.29 is 0 Å². The summed E-state index contributed by atoms with van der Waals surface area (Å²) in [6.45, 7) is 4.28. The lowest BCUT2D eigenvalue weighted by molar-refractivity contribution is 0.633. The predicted octanol–water partition coefficient (Wildman–Crippen LogP) is 4.26. The number of nitrogens with two attached hydrogens (primary N) is 1. The van der Waals surface area contributed by atoms with Crippen LogP contribution in [0.1, 0.15) is 41.6 Å². The van der Waals surface area contributed by atoms with Crippen LogP contribution in [0.3, 0.4) is 0 Å². The van der Waals surface area contributed by atoms with Crippen LogP contribution in [0.25, 0.3) is 0 Å². The quantitative estimate of drug-likeness (QED) is 0.634. The third kappa shape index (κ3) is 3.48. The Morgan fingerprint density at radius 2 is 2.00 bits per heavy atom. The van der Waals surface area contributed by atoms with E-state index in [1.165, 1.54) is 16.7 Å². The van der Waals surface area contributed by atoms with Crippen molar-refractivity contribution in [3.05, 3.63) is 69.2 Å². The molecule has 0 aliphatic heterocycles. The van der Waals surface area contributed by atoms with Crippen LogP contribution in [0.15, 0.2) is 46.9 Å². The molecule has 0 fully saturated rings. The van der Waals surface area contributed by atoms with E-state index in [0.717, 1.165) is 22.9 Å². The second kappa shape index (κ2) is 7.02. The number of hydrogen-bond donors (Lipinski definition) is 2. The molecule has 0 bridgehead atoms. The number of benzene rings is 2. The number of nitrogens with one attached hydrogen (secondary N) is 1. The van der Waals surface area contributed by atoms with Gasteiger partial charge in [-0.1, -0.05) is 65.7 Å². The number of hydrogen-bond acceptors (Lipinski definition) is 2. The van der Waals surface area contributed by atoms with Gasteiger partial charge in [-0.2, -0.15) is 0 Å². The fourth-order valence-corrected chi connectivity index (χ4v) is 3.17. The van der Waals surface area contributed by atoms with E-state index in [9.17, 15) is 0 Å². The number of rotatable bonds is 5. The van der Waals surface area contributed by atoms with Gasteiger partial charge in [0.25, 0.3) is 0 Å². The van der Waals surface area contributed by atoms with Crippen molar-refractivity contribution in [3.63, 3.8) is 0 Å². The Kier molecular flexibility index (Phi) is 5.35. The molecule has 2 aromatic rings. The minimum absolute atomic E-state index is 0.00165. The number of hydrazine groups is 1. The lowest BCUT2D eigenvalue weighted by Gasteiger charge is -2.19. The van der Waals surface area contributed by atoms with Crippen LogP contribution >= 0.6 is 15.9 Å². The first-order chi connectivity index (χ1) is 9.65. The highest BCUT2D eigenvalue weighted by Crippen LogP contribution is 2.29. The smallest absolute Gasteiger partial charge is 0.0721 e. The Bertz CT molecular complexity index is 581. The van der Waals surface area contributed by atoms with Crippen LogP contribution < -0.4 is 11.3 Å². The summed E-state index contributed by atoms with van der Waals surface area (Å²) in [5.74, 6) is 5.80. The van der Waals surface area contributed by atoms with Crippen molar-refractivity contribution in [3.8, 4) is 0 Å². The molecule has 0 spiro atoms. The Balaban J connectivity index is 2.38. The first-order valence-electron chi connectivity index (χ1n) is 6.96. The molecule has 2 aromatic carbocycles. The maximum Gasteiger partial charge on any atom is 0.0721 e. The molecule has 0 amide bonds. The summed E-state index contributed by atoms with van der Waals surface area (Å²) in [5.41, 5.74) is 7.88. The fourth-order valence-electron chi connectivity index (χ4n) is 2.45. The van der Waals surface area contributed by atoms with Gasteiger partial charge >= 0.3 is 0 Å². The maximum absolute atomic E-state index is 5.80. The van der Waals surface area contributed by atoms with Crippen LogP contribution in [0, 0.1) is 6.92 Å². The lowest BCUT2D eigenvalue weighted by Crippen LogP contribution is -2.29. The van der Waals surface area contributed by atoms with Gasteiger partial charge in [-0.25, -0.2) is 5.43 Å². The maximum atomic E-state index is 5.80. The van der Waals surface area contributed by atoms with E-state index >= 15 is 0 Å². The van der Waals surface area contributed by atoms with Crippen LogP contribution in [-0.4, -0.2) is 0 Å². The van der Waals surface area contributed by atoms with E-state index in [-0.39, 0.29) is 6.04 Å². The molecular weight excluding hydrogens is 312 g/mol. The van der Waals surface area contributed by atoms with Gasteiger partial charge in [-0.05, 0) is 41.7 Å². The molecule has 0 saturated heterocycles. The van der Waals surface area contributed by atoms with E-state index in [1.54, 1.807) is 0 Å². The average Bonchev–Trinajstić information content (AvgIpc) is 2.43. The van der Waals surface area contributed by atoms with Crippen molar-refractivity contribution in [2.45, 2.75) is 32.7 Å². The molecule has 3 heteroatoms. The Morgan fingerprint density at radius 3 is 2.65 bits per heavy atom. The molecule has 0 radical (unpaired) electrons. The first-order valence-corrected chi connectivity index (χ1v) is 7.76. The highest BCUT2D eigenvalue weighted by Gasteiger charge is 2.15. The first kappa shape index (κ1) is 15.2. The van der Waals surface area contributed by atoms with Gasteiger partial charge in [-0.15, -0.1) is 0 Å². The normalized spacial score (nSPS) is 12.4. The van der Waals surface area contributed by atoms with Gasteiger partial charge in [0.05, 0.1) is 6.04 Å². The van der Waals surface area contributed by atoms with Gasteiger partial charge in [0.15, 0.2) is 0 Å². The number of halogens is 1. The van der Waals surface area contributed by atoms with E-state index in [0.29, 0.717) is 0 Å². The fraction of sp³-hybridized carbons (Fsp3) is 0.294. The molecule has 2 nitrogen and oxygen atoms in total. The molecule has 1 unspecified atom stereocenters. The van der Waals surface area contributed by atoms with E-state index in [2.05, 4.69) is 77.7 Å². The lowest BCUT2D eigenvalue weighted by atomic mass is 9.96. The molecule has 20 heavy (non-hydrogen) atoms. The molecule has 0 heterocycles. The Labute approximate surface area is 129 Å². The summed E-state index contributed by atoms with van der Waals surface area (Å²) in [7, 11) is 0. The standard InChI is InChI=1S/C17H21BrN2/c1-3-5-13-6-4-7-14(11-13)17(20-19)15-9-8-12(2)10-16(15)18/h4,6-11,17,20H,3,5,19H2,1-2H3. The molecule has 106 valence electrons. The van der Waals surface area contributed by atoms with Gasteiger partial charge in [0.1, 0.15) is 0 Å². The van der Waals surface area contributed by atoms with Crippen LogP contribution in [0.4, 0.5) is 0 Å². The zero-order chi connectivity index (χ0) is 14.5. The molecule has 0 saturated carbocycles. The summed E-state index contributed by atoms with van der Waals surface area (Å²) in [5, 5.41) is 0. The summed E-state index contributed by atoms with van der Waals surface area (Å²) in [6.07, 6.45) is 2.25. The summed E-state index contributed by atoms with van der Waals surface area (Å²) in [6, 6.07) is 15.0. The molecule has 3 N–H and O–H groups in total. The van der Waals surface area contributed by atoms with Gasteiger partial charge < -0.3 is 0 Å². The molecule has 1 atom stereocenters. The molecule has 2 rings (SSSR count). The van der Waals surface area contributed by atoms with E-state index in [1.807, 2.05) is 0 Å². The Morgan fingerprint density at radius 1 is 1.20 bits per heavy atom.